The summed E-state index contributed by atoms with van der Waals surface area (Å²) in [5, 5.41) is 5.30. The second-order valence-corrected chi connectivity index (χ2v) is 13.5. The van der Waals surface area contributed by atoms with Gasteiger partial charge in [0.05, 0.1) is 16.6 Å². The highest BCUT2D eigenvalue weighted by atomic mass is 15.1. The van der Waals surface area contributed by atoms with Gasteiger partial charge in [-0.1, -0.05) is 122 Å². The van der Waals surface area contributed by atoms with E-state index in [1.165, 1.54) is 92.5 Å². The molecule has 2 heteroatoms. The van der Waals surface area contributed by atoms with Gasteiger partial charge in [0.2, 0.25) is 0 Å². The summed E-state index contributed by atoms with van der Waals surface area (Å²) in [6.07, 6.45) is 14.9. The molecule has 0 aliphatic heterocycles. The zero-order valence-corrected chi connectivity index (χ0v) is 25.9. The summed E-state index contributed by atoms with van der Waals surface area (Å²) in [4.78, 5) is 0. The summed E-state index contributed by atoms with van der Waals surface area (Å²) < 4.78 is 5.01. The molecule has 0 saturated heterocycles. The molecule has 1 fully saturated rings. The molecule has 1 saturated carbocycles. The Labute approximate surface area is 264 Å². The Morgan fingerprint density at radius 3 is 1.53 bits per heavy atom. The van der Waals surface area contributed by atoms with Gasteiger partial charge >= 0.3 is 0 Å². The zero-order chi connectivity index (χ0) is 30.0. The van der Waals surface area contributed by atoms with Crippen molar-refractivity contribution in [3.05, 3.63) is 151 Å². The molecule has 2 aromatic heterocycles. The number of allylic oxidation sites excluding steroid dienone is 4. The van der Waals surface area contributed by atoms with E-state index in [1.54, 1.807) is 0 Å². The van der Waals surface area contributed by atoms with Crippen LogP contribution in [0.2, 0.25) is 0 Å². The van der Waals surface area contributed by atoms with E-state index in [9.17, 15) is 0 Å². The minimum atomic E-state index is -0.123. The molecular weight excluding hydrogens is 544 g/mol. The van der Waals surface area contributed by atoms with Crippen LogP contribution in [0, 0.1) is 0 Å². The van der Waals surface area contributed by atoms with Gasteiger partial charge < -0.3 is 9.13 Å². The summed E-state index contributed by atoms with van der Waals surface area (Å²) in [5.74, 6) is 0. The second kappa shape index (κ2) is 10.1. The molecule has 0 spiro atoms. The lowest BCUT2D eigenvalue weighted by atomic mass is 9.63. The fourth-order valence-electron chi connectivity index (χ4n) is 8.75. The molecule has 2 aliphatic carbocycles. The Kier molecular flexibility index (Phi) is 5.97. The van der Waals surface area contributed by atoms with E-state index in [4.69, 9.17) is 0 Å². The number of para-hydroxylation sites is 4. The molecule has 220 valence electrons. The van der Waals surface area contributed by atoms with Gasteiger partial charge in [0.1, 0.15) is 0 Å². The maximum Gasteiger partial charge on any atom is 0.0643 e. The van der Waals surface area contributed by atoms with Crippen LogP contribution in [0.4, 0.5) is 0 Å². The van der Waals surface area contributed by atoms with Crippen molar-refractivity contribution in [2.75, 3.05) is 0 Å². The van der Waals surface area contributed by atoms with Crippen molar-refractivity contribution in [2.24, 2.45) is 0 Å². The first-order valence-corrected chi connectivity index (χ1v) is 16.6. The fourth-order valence-corrected chi connectivity index (χ4v) is 8.75. The quantitative estimate of drug-likeness (QED) is 0.195. The Bertz CT molecular complexity index is 2180. The standard InChI is InChI=1S/C43H38N2/c1-42(45-40-19-9-5-15-36(40)37-16-6-10-20-41(37)45)29-25-32(26-30-42)43(27-11-2-12-28-43)31-21-23-33(24-22-31)44-38-17-7-3-13-34(38)35-14-4-8-18-39(35)44/h3-10,13-26,29H,2,11-12,27-28,30H2,1H3. The average molecular weight is 583 g/mol. The van der Waals surface area contributed by atoms with Crippen LogP contribution in [-0.2, 0) is 11.0 Å². The molecule has 0 bridgehead atoms. The molecule has 0 radical (unpaired) electrons. The lowest BCUT2D eigenvalue weighted by Gasteiger charge is -2.42. The number of hydrogen-bond acceptors (Lipinski definition) is 0. The number of nitrogens with zero attached hydrogens (tertiary/aromatic N) is 2. The van der Waals surface area contributed by atoms with Crippen LogP contribution >= 0.6 is 0 Å². The van der Waals surface area contributed by atoms with E-state index in [0.29, 0.717) is 0 Å². The zero-order valence-electron chi connectivity index (χ0n) is 25.9. The Morgan fingerprint density at radius 2 is 1.02 bits per heavy atom. The Hall–Kier alpha value is -4.82. The minimum absolute atomic E-state index is 0.0657. The van der Waals surface area contributed by atoms with Gasteiger partial charge in [-0.15, -0.1) is 0 Å². The summed E-state index contributed by atoms with van der Waals surface area (Å²) >= 11 is 0. The highest BCUT2D eigenvalue weighted by Gasteiger charge is 2.39. The normalized spacial score (nSPS) is 19.9. The molecule has 1 unspecified atom stereocenters. The van der Waals surface area contributed by atoms with E-state index >= 15 is 0 Å². The van der Waals surface area contributed by atoms with E-state index in [1.807, 2.05) is 0 Å². The monoisotopic (exact) mass is 582 g/mol. The maximum absolute atomic E-state index is 2.58. The van der Waals surface area contributed by atoms with Crippen LogP contribution in [0.5, 0.6) is 0 Å². The molecule has 2 aliphatic rings. The van der Waals surface area contributed by atoms with Gasteiger partial charge in [0.25, 0.3) is 0 Å². The van der Waals surface area contributed by atoms with Crippen molar-refractivity contribution in [1.82, 2.24) is 9.13 Å². The summed E-state index contributed by atoms with van der Waals surface area (Å²) in [5.41, 5.74) is 9.30. The number of fused-ring (bicyclic) bond motifs is 6. The van der Waals surface area contributed by atoms with Crippen molar-refractivity contribution < 1.29 is 0 Å². The maximum atomic E-state index is 2.58. The number of aromatic nitrogens is 2. The first-order chi connectivity index (χ1) is 22.2. The van der Waals surface area contributed by atoms with Gasteiger partial charge in [-0.05, 0) is 73.7 Å². The fraction of sp³-hybridized carbons (Fsp3) is 0.209. The first-order valence-electron chi connectivity index (χ1n) is 16.6. The van der Waals surface area contributed by atoms with Crippen LogP contribution in [0.1, 0.15) is 51.0 Å². The third-order valence-corrected chi connectivity index (χ3v) is 11.0. The van der Waals surface area contributed by atoms with Crippen LogP contribution in [0.15, 0.2) is 145 Å². The molecule has 0 N–H and O–H groups in total. The average Bonchev–Trinajstić information content (AvgIpc) is 3.63. The predicted octanol–water partition coefficient (Wildman–Crippen LogP) is 11.4. The number of hydrogen-bond donors (Lipinski definition) is 0. The summed E-state index contributed by atoms with van der Waals surface area (Å²) in [6.45, 7) is 2.41. The molecule has 0 amide bonds. The van der Waals surface area contributed by atoms with Crippen molar-refractivity contribution in [2.45, 2.75) is 56.4 Å². The van der Waals surface area contributed by atoms with Crippen molar-refractivity contribution in [1.29, 1.82) is 0 Å². The second-order valence-electron chi connectivity index (χ2n) is 13.5. The molecule has 2 heterocycles. The molecular formula is C43H38N2. The number of benzene rings is 5. The molecule has 7 aromatic rings. The smallest absolute Gasteiger partial charge is 0.0643 e. The van der Waals surface area contributed by atoms with E-state index < -0.39 is 0 Å². The highest BCUT2D eigenvalue weighted by molar-refractivity contribution is 6.09. The summed E-state index contributed by atoms with van der Waals surface area (Å²) in [6, 6.07) is 44.9. The minimum Gasteiger partial charge on any atom is -0.331 e. The van der Waals surface area contributed by atoms with Crippen LogP contribution in [0.25, 0.3) is 49.3 Å². The van der Waals surface area contributed by atoms with Crippen molar-refractivity contribution >= 4 is 43.6 Å². The Morgan fingerprint density at radius 1 is 0.533 bits per heavy atom. The van der Waals surface area contributed by atoms with Gasteiger partial charge in [-0.25, -0.2) is 0 Å². The SMILES string of the molecule is CC1(n2c3ccccc3c3ccccc32)C=CC(C2(c3ccc(-n4c5ccccc5c5ccccc54)cc3)CCCCC2)=CC1. The molecule has 9 rings (SSSR count). The first kappa shape index (κ1) is 26.6. The molecule has 5 aromatic carbocycles. The van der Waals surface area contributed by atoms with Gasteiger partial charge in [0.15, 0.2) is 0 Å². The van der Waals surface area contributed by atoms with Gasteiger partial charge in [0, 0.05) is 43.7 Å². The van der Waals surface area contributed by atoms with E-state index in [-0.39, 0.29) is 11.0 Å². The van der Waals surface area contributed by atoms with Crippen LogP contribution in [-0.4, -0.2) is 9.13 Å². The van der Waals surface area contributed by atoms with Crippen molar-refractivity contribution in [3.8, 4) is 5.69 Å². The Balaban J connectivity index is 1.11. The third kappa shape index (κ3) is 3.94. The van der Waals surface area contributed by atoms with E-state index in [2.05, 4.69) is 156 Å². The van der Waals surface area contributed by atoms with E-state index in [0.717, 1.165) is 6.42 Å². The topological polar surface area (TPSA) is 9.86 Å². The number of rotatable bonds is 4. The van der Waals surface area contributed by atoms with Crippen LogP contribution < -0.4 is 0 Å². The summed E-state index contributed by atoms with van der Waals surface area (Å²) in [7, 11) is 0. The molecule has 1 atom stereocenters. The lowest BCUT2D eigenvalue weighted by Crippen LogP contribution is -2.34. The highest BCUT2D eigenvalue weighted by Crippen LogP contribution is 2.49. The third-order valence-electron chi connectivity index (χ3n) is 11.0. The van der Waals surface area contributed by atoms with Gasteiger partial charge in [-0.2, -0.15) is 0 Å². The molecule has 45 heavy (non-hydrogen) atoms. The predicted molar refractivity (Wildman–Crippen MR) is 190 cm³/mol. The molecule has 2 nitrogen and oxygen atoms in total. The van der Waals surface area contributed by atoms with Crippen LogP contribution in [0.3, 0.4) is 0 Å². The largest absolute Gasteiger partial charge is 0.331 e. The lowest BCUT2D eigenvalue weighted by molar-refractivity contribution is 0.338. The van der Waals surface area contributed by atoms with Gasteiger partial charge in [-0.3, -0.25) is 0 Å². The van der Waals surface area contributed by atoms with Crippen molar-refractivity contribution in [3.63, 3.8) is 0 Å².